The van der Waals surface area contributed by atoms with E-state index in [0.29, 0.717) is 6.61 Å². The number of terminal acetylenes is 1. The molecule has 0 radical (unpaired) electrons. The van der Waals surface area contributed by atoms with E-state index >= 15 is 0 Å². The molecule has 1 atom stereocenters. The summed E-state index contributed by atoms with van der Waals surface area (Å²) in [6.45, 7) is 0.257. The maximum absolute atomic E-state index is 11.5. The van der Waals surface area contributed by atoms with Crippen molar-refractivity contribution < 1.29 is 19.4 Å². The van der Waals surface area contributed by atoms with E-state index in [-0.39, 0.29) is 31.7 Å². The van der Waals surface area contributed by atoms with Crippen LogP contribution in [-0.4, -0.2) is 30.1 Å². The minimum Gasteiger partial charge on any atom is -0.480 e. The maximum atomic E-state index is 11.5. The Balaban J connectivity index is 2.84. The predicted octanol–water partition coefficient (Wildman–Crippen LogP) is 0.460. The van der Waals surface area contributed by atoms with E-state index in [9.17, 15) is 9.59 Å². The highest BCUT2D eigenvalue weighted by Gasteiger charge is 2.47. The Morgan fingerprint density at radius 2 is 2.43 bits per heavy atom. The van der Waals surface area contributed by atoms with Gasteiger partial charge < -0.3 is 9.84 Å². The van der Waals surface area contributed by atoms with E-state index in [1.54, 1.807) is 0 Å². The minimum absolute atomic E-state index is 0.0527. The SMILES string of the molecule is C#CCCC1(C(=O)O)COCCC1=O. The normalized spacial score (nSPS) is 26.9. The summed E-state index contributed by atoms with van der Waals surface area (Å²) >= 11 is 0. The standard InChI is InChI=1S/C10H12O4/c1-2-3-5-10(9(12)13)7-14-6-4-8(10)11/h1H,3-7H2,(H,12,13). The Hall–Kier alpha value is -1.34. The van der Waals surface area contributed by atoms with Crippen LogP contribution in [0.15, 0.2) is 0 Å². The Morgan fingerprint density at radius 1 is 1.71 bits per heavy atom. The highest BCUT2D eigenvalue weighted by atomic mass is 16.5. The van der Waals surface area contributed by atoms with Crippen molar-refractivity contribution in [3.8, 4) is 12.3 Å². The molecule has 1 saturated heterocycles. The van der Waals surface area contributed by atoms with Crippen LogP contribution in [0, 0.1) is 17.8 Å². The van der Waals surface area contributed by atoms with Crippen LogP contribution in [-0.2, 0) is 14.3 Å². The number of hydrogen-bond donors (Lipinski definition) is 1. The predicted molar refractivity (Wildman–Crippen MR) is 48.6 cm³/mol. The number of aliphatic carboxylic acids is 1. The number of carboxylic acids is 1. The Bertz CT molecular complexity index is 289. The number of hydrogen-bond acceptors (Lipinski definition) is 3. The Kier molecular flexibility index (Phi) is 3.26. The molecule has 0 aromatic heterocycles. The largest absolute Gasteiger partial charge is 0.480 e. The quantitative estimate of drug-likeness (QED) is 0.526. The summed E-state index contributed by atoms with van der Waals surface area (Å²) in [4.78, 5) is 22.6. The number of ketones is 1. The number of rotatable bonds is 3. The van der Waals surface area contributed by atoms with Crippen LogP contribution >= 0.6 is 0 Å². The fourth-order valence-corrected chi connectivity index (χ4v) is 1.52. The zero-order valence-electron chi connectivity index (χ0n) is 7.78. The van der Waals surface area contributed by atoms with Crippen molar-refractivity contribution in [2.75, 3.05) is 13.2 Å². The third kappa shape index (κ3) is 1.78. The topological polar surface area (TPSA) is 63.6 Å². The van der Waals surface area contributed by atoms with Gasteiger partial charge in [-0.15, -0.1) is 12.3 Å². The summed E-state index contributed by atoms with van der Waals surface area (Å²) in [5, 5.41) is 9.02. The highest BCUT2D eigenvalue weighted by molar-refractivity contribution is 6.03. The number of carbonyl (C=O) groups is 2. The van der Waals surface area contributed by atoms with Gasteiger partial charge >= 0.3 is 5.97 Å². The lowest BCUT2D eigenvalue weighted by Crippen LogP contribution is -2.47. The van der Waals surface area contributed by atoms with Gasteiger partial charge in [0.15, 0.2) is 5.78 Å². The third-order valence-corrected chi connectivity index (χ3v) is 2.46. The lowest BCUT2D eigenvalue weighted by molar-refractivity contribution is -0.164. The monoisotopic (exact) mass is 196 g/mol. The van der Waals surface area contributed by atoms with E-state index < -0.39 is 11.4 Å². The Labute approximate surface area is 82.2 Å². The van der Waals surface area contributed by atoms with Crippen molar-refractivity contribution in [2.45, 2.75) is 19.3 Å². The van der Waals surface area contributed by atoms with Gasteiger partial charge in [0.05, 0.1) is 13.2 Å². The van der Waals surface area contributed by atoms with Crippen molar-refractivity contribution in [1.82, 2.24) is 0 Å². The van der Waals surface area contributed by atoms with Crippen molar-refractivity contribution in [2.24, 2.45) is 5.41 Å². The number of carbonyl (C=O) groups excluding carboxylic acids is 1. The van der Waals surface area contributed by atoms with Crippen LogP contribution in [0.1, 0.15) is 19.3 Å². The molecule has 0 aromatic carbocycles. The molecule has 0 bridgehead atoms. The average Bonchev–Trinajstić information content (AvgIpc) is 2.16. The van der Waals surface area contributed by atoms with Gasteiger partial charge in [-0.2, -0.15) is 0 Å². The fraction of sp³-hybridized carbons (Fsp3) is 0.600. The van der Waals surface area contributed by atoms with Gasteiger partial charge in [0.25, 0.3) is 0 Å². The summed E-state index contributed by atoms with van der Waals surface area (Å²) in [6.07, 6.45) is 5.66. The average molecular weight is 196 g/mol. The van der Waals surface area contributed by atoms with Crippen molar-refractivity contribution in [3.63, 3.8) is 0 Å². The molecule has 0 saturated carbocycles. The van der Waals surface area contributed by atoms with E-state index in [0.717, 1.165) is 0 Å². The summed E-state index contributed by atoms with van der Waals surface area (Å²) in [5.74, 6) is 0.945. The molecule has 1 unspecified atom stereocenters. The van der Waals surface area contributed by atoms with Crippen LogP contribution in [0.4, 0.5) is 0 Å². The molecule has 0 aliphatic carbocycles. The first kappa shape index (κ1) is 10.7. The number of Topliss-reactive ketones (excluding diaryl/α,β-unsaturated/α-hetero) is 1. The minimum atomic E-state index is -1.40. The van der Waals surface area contributed by atoms with Gasteiger partial charge in [-0.05, 0) is 6.42 Å². The van der Waals surface area contributed by atoms with Crippen molar-refractivity contribution in [3.05, 3.63) is 0 Å². The van der Waals surface area contributed by atoms with Crippen LogP contribution in [0.3, 0.4) is 0 Å². The maximum Gasteiger partial charge on any atom is 0.319 e. The second-order valence-corrected chi connectivity index (χ2v) is 3.32. The van der Waals surface area contributed by atoms with Crippen LogP contribution < -0.4 is 0 Å². The van der Waals surface area contributed by atoms with E-state index in [1.807, 2.05) is 0 Å². The Morgan fingerprint density at radius 3 is 2.93 bits per heavy atom. The molecule has 1 heterocycles. The van der Waals surface area contributed by atoms with Gasteiger partial charge in [0.1, 0.15) is 5.41 Å². The van der Waals surface area contributed by atoms with Crippen LogP contribution in [0.5, 0.6) is 0 Å². The number of carboxylic acid groups (broad SMARTS) is 1. The molecule has 1 fully saturated rings. The summed E-state index contributed by atoms with van der Waals surface area (Å²) in [6, 6.07) is 0. The van der Waals surface area contributed by atoms with Crippen LogP contribution in [0.2, 0.25) is 0 Å². The summed E-state index contributed by atoms with van der Waals surface area (Å²) < 4.78 is 5.04. The zero-order valence-corrected chi connectivity index (χ0v) is 7.78. The fourth-order valence-electron chi connectivity index (χ4n) is 1.52. The highest BCUT2D eigenvalue weighted by Crippen LogP contribution is 2.30. The van der Waals surface area contributed by atoms with E-state index in [2.05, 4.69) is 5.92 Å². The lowest BCUT2D eigenvalue weighted by Gasteiger charge is -2.30. The summed E-state index contributed by atoms with van der Waals surface area (Å²) in [7, 11) is 0. The molecule has 1 N–H and O–H groups in total. The molecule has 4 nitrogen and oxygen atoms in total. The summed E-state index contributed by atoms with van der Waals surface area (Å²) in [5.41, 5.74) is -1.40. The first-order chi connectivity index (χ1) is 6.63. The van der Waals surface area contributed by atoms with Gasteiger partial charge in [-0.3, -0.25) is 9.59 Å². The van der Waals surface area contributed by atoms with Gasteiger partial charge in [-0.25, -0.2) is 0 Å². The van der Waals surface area contributed by atoms with Gasteiger partial charge in [0, 0.05) is 12.8 Å². The van der Waals surface area contributed by atoms with Gasteiger partial charge in [-0.1, -0.05) is 0 Å². The first-order valence-corrected chi connectivity index (χ1v) is 4.41. The smallest absolute Gasteiger partial charge is 0.319 e. The second-order valence-electron chi connectivity index (χ2n) is 3.32. The van der Waals surface area contributed by atoms with Crippen molar-refractivity contribution >= 4 is 11.8 Å². The van der Waals surface area contributed by atoms with Crippen molar-refractivity contribution in [1.29, 1.82) is 0 Å². The molecule has 0 aromatic rings. The third-order valence-electron chi connectivity index (χ3n) is 2.46. The van der Waals surface area contributed by atoms with E-state index in [1.165, 1.54) is 0 Å². The molecule has 1 aliphatic rings. The van der Waals surface area contributed by atoms with Gasteiger partial charge in [0.2, 0.25) is 0 Å². The molecular formula is C10H12O4. The second kappa shape index (κ2) is 4.25. The zero-order chi connectivity index (χ0) is 10.6. The molecule has 14 heavy (non-hydrogen) atoms. The van der Waals surface area contributed by atoms with Crippen LogP contribution in [0.25, 0.3) is 0 Å². The van der Waals surface area contributed by atoms with E-state index in [4.69, 9.17) is 16.3 Å². The molecule has 76 valence electrons. The molecular weight excluding hydrogens is 184 g/mol. The molecule has 0 spiro atoms. The molecule has 0 amide bonds. The first-order valence-electron chi connectivity index (χ1n) is 4.41. The molecule has 1 aliphatic heterocycles. The molecule has 4 heteroatoms. The lowest BCUT2D eigenvalue weighted by atomic mass is 9.77. The molecule has 1 rings (SSSR count). The number of ether oxygens (including phenoxy) is 1.